The van der Waals surface area contributed by atoms with E-state index in [0.717, 1.165) is 18.2 Å². The Hall–Kier alpha value is -1.68. The molecule has 0 aliphatic heterocycles. The molecule has 18 heavy (non-hydrogen) atoms. The largest absolute Gasteiger partial charge is 0.376 e. The van der Waals surface area contributed by atoms with E-state index in [2.05, 4.69) is 10.3 Å². The van der Waals surface area contributed by atoms with Gasteiger partial charge in [0.15, 0.2) is 5.15 Å². The SMILES string of the molecule is CC(Nc1cccnc1Cl)c1cc(F)ccc1F. The van der Waals surface area contributed by atoms with Crippen LogP contribution in [0.15, 0.2) is 36.5 Å². The van der Waals surface area contributed by atoms with E-state index in [1.807, 2.05) is 0 Å². The van der Waals surface area contributed by atoms with E-state index in [1.165, 1.54) is 0 Å². The number of nitrogens with one attached hydrogen (secondary N) is 1. The Kier molecular flexibility index (Phi) is 3.77. The van der Waals surface area contributed by atoms with E-state index in [4.69, 9.17) is 11.6 Å². The summed E-state index contributed by atoms with van der Waals surface area (Å²) in [5.74, 6) is -0.936. The highest BCUT2D eigenvalue weighted by atomic mass is 35.5. The molecule has 0 aliphatic rings. The van der Waals surface area contributed by atoms with E-state index in [9.17, 15) is 8.78 Å². The number of benzene rings is 1. The minimum Gasteiger partial charge on any atom is -0.376 e. The van der Waals surface area contributed by atoms with Crippen LogP contribution in [0.2, 0.25) is 5.15 Å². The van der Waals surface area contributed by atoms with Crippen molar-refractivity contribution < 1.29 is 8.78 Å². The number of hydrogen-bond acceptors (Lipinski definition) is 2. The van der Waals surface area contributed by atoms with Crippen LogP contribution in [0.4, 0.5) is 14.5 Å². The van der Waals surface area contributed by atoms with E-state index in [0.29, 0.717) is 10.8 Å². The highest BCUT2D eigenvalue weighted by Gasteiger charge is 2.13. The van der Waals surface area contributed by atoms with E-state index >= 15 is 0 Å². The fourth-order valence-corrected chi connectivity index (χ4v) is 1.83. The smallest absolute Gasteiger partial charge is 0.152 e. The molecule has 2 nitrogen and oxygen atoms in total. The molecule has 5 heteroatoms. The lowest BCUT2D eigenvalue weighted by atomic mass is 10.1. The average Bonchev–Trinajstić information content (AvgIpc) is 2.35. The highest BCUT2D eigenvalue weighted by Crippen LogP contribution is 2.25. The lowest BCUT2D eigenvalue weighted by Crippen LogP contribution is -2.09. The summed E-state index contributed by atoms with van der Waals surface area (Å²) in [5, 5.41) is 3.29. The maximum atomic E-state index is 13.6. The standard InChI is InChI=1S/C13H11ClF2N2/c1-8(10-7-9(15)4-5-11(10)16)18-12-3-2-6-17-13(12)14/h2-8,18H,1H3. The molecule has 0 bridgehead atoms. The Morgan fingerprint density at radius 1 is 1.28 bits per heavy atom. The fraction of sp³-hybridized carbons (Fsp3) is 0.154. The van der Waals surface area contributed by atoms with Gasteiger partial charge in [0.05, 0.1) is 11.7 Å². The first-order valence-corrected chi connectivity index (χ1v) is 5.77. The third-order valence-electron chi connectivity index (χ3n) is 2.56. The molecule has 0 radical (unpaired) electrons. The molecule has 0 fully saturated rings. The van der Waals surface area contributed by atoms with E-state index in [-0.39, 0.29) is 5.56 Å². The number of pyridine rings is 1. The van der Waals surface area contributed by atoms with Crippen LogP contribution in [0.5, 0.6) is 0 Å². The molecule has 2 aromatic rings. The minimum atomic E-state index is -0.475. The van der Waals surface area contributed by atoms with Gasteiger partial charge >= 0.3 is 0 Å². The van der Waals surface area contributed by atoms with Crippen molar-refractivity contribution in [1.29, 1.82) is 0 Å². The number of nitrogens with zero attached hydrogens (tertiary/aromatic N) is 1. The summed E-state index contributed by atoms with van der Waals surface area (Å²) < 4.78 is 26.7. The zero-order chi connectivity index (χ0) is 13.1. The molecule has 0 amide bonds. The normalized spacial score (nSPS) is 12.2. The first-order chi connectivity index (χ1) is 8.58. The Labute approximate surface area is 109 Å². The van der Waals surface area contributed by atoms with Gasteiger partial charge in [-0.15, -0.1) is 0 Å². The monoisotopic (exact) mass is 268 g/mol. The molecule has 0 saturated heterocycles. The van der Waals surface area contributed by atoms with Crippen molar-refractivity contribution in [3.05, 3.63) is 58.9 Å². The zero-order valence-corrected chi connectivity index (χ0v) is 10.4. The molecule has 1 heterocycles. The number of anilines is 1. The lowest BCUT2D eigenvalue weighted by molar-refractivity contribution is 0.577. The molecule has 0 spiro atoms. The number of hydrogen-bond donors (Lipinski definition) is 1. The Balaban J connectivity index is 2.25. The number of halogens is 3. The van der Waals surface area contributed by atoms with E-state index < -0.39 is 17.7 Å². The second-order valence-electron chi connectivity index (χ2n) is 3.87. The van der Waals surface area contributed by atoms with Gasteiger partial charge in [-0.05, 0) is 37.3 Å². The number of aromatic nitrogens is 1. The van der Waals surface area contributed by atoms with Gasteiger partial charge in [0.1, 0.15) is 11.6 Å². The molecular weight excluding hydrogens is 258 g/mol. The van der Waals surface area contributed by atoms with Crippen molar-refractivity contribution in [3.8, 4) is 0 Å². The molecule has 1 atom stereocenters. The third kappa shape index (κ3) is 2.76. The van der Waals surface area contributed by atoms with Gasteiger partial charge in [0.2, 0.25) is 0 Å². The summed E-state index contributed by atoms with van der Waals surface area (Å²) in [6.45, 7) is 1.72. The van der Waals surface area contributed by atoms with Gasteiger partial charge in [-0.25, -0.2) is 13.8 Å². The molecule has 0 aliphatic carbocycles. The highest BCUT2D eigenvalue weighted by molar-refractivity contribution is 6.31. The van der Waals surface area contributed by atoms with Gasteiger partial charge < -0.3 is 5.32 Å². The van der Waals surface area contributed by atoms with Crippen LogP contribution in [0.1, 0.15) is 18.5 Å². The van der Waals surface area contributed by atoms with Gasteiger partial charge in [0.25, 0.3) is 0 Å². The van der Waals surface area contributed by atoms with Gasteiger partial charge in [-0.1, -0.05) is 11.6 Å². The summed E-state index contributed by atoms with van der Waals surface area (Å²) in [6.07, 6.45) is 1.56. The molecule has 1 N–H and O–H groups in total. The first kappa shape index (κ1) is 12.8. The van der Waals surface area contributed by atoms with Crippen molar-refractivity contribution in [2.45, 2.75) is 13.0 Å². The summed E-state index contributed by atoms with van der Waals surface area (Å²) >= 11 is 5.89. The molecule has 1 aromatic heterocycles. The topological polar surface area (TPSA) is 24.9 Å². The van der Waals surface area contributed by atoms with Crippen molar-refractivity contribution in [2.75, 3.05) is 5.32 Å². The predicted molar refractivity (Wildman–Crippen MR) is 67.6 cm³/mol. The van der Waals surface area contributed by atoms with Crippen LogP contribution >= 0.6 is 11.6 Å². The average molecular weight is 269 g/mol. The van der Waals surface area contributed by atoms with Crippen LogP contribution in [-0.2, 0) is 0 Å². The predicted octanol–water partition coefficient (Wildman–Crippen LogP) is 4.19. The summed E-state index contributed by atoms with van der Waals surface area (Å²) in [6, 6.07) is 6.38. The summed E-state index contributed by atoms with van der Waals surface area (Å²) in [5.41, 5.74) is 0.824. The molecule has 94 valence electrons. The zero-order valence-electron chi connectivity index (χ0n) is 9.62. The van der Waals surface area contributed by atoms with Crippen LogP contribution < -0.4 is 5.32 Å². The maximum absolute atomic E-state index is 13.6. The van der Waals surface area contributed by atoms with Crippen LogP contribution in [0.3, 0.4) is 0 Å². The van der Waals surface area contributed by atoms with Crippen LogP contribution in [0.25, 0.3) is 0 Å². The van der Waals surface area contributed by atoms with Gasteiger partial charge in [0, 0.05) is 11.8 Å². The summed E-state index contributed by atoms with van der Waals surface area (Å²) in [7, 11) is 0. The lowest BCUT2D eigenvalue weighted by Gasteiger charge is -2.16. The fourth-order valence-electron chi connectivity index (χ4n) is 1.65. The Morgan fingerprint density at radius 2 is 2.06 bits per heavy atom. The van der Waals surface area contributed by atoms with Crippen LogP contribution in [0, 0.1) is 11.6 Å². The first-order valence-electron chi connectivity index (χ1n) is 5.40. The Bertz CT molecular complexity index is 560. The molecular formula is C13H11ClF2N2. The molecule has 1 aromatic carbocycles. The molecule has 1 unspecified atom stereocenters. The van der Waals surface area contributed by atoms with Crippen molar-refractivity contribution >= 4 is 17.3 Å². The quantitative estimate of drug-likeness (QED) is 0.845. The number of rotatable bonds is 3. The van der Waals surface area contributed by atoms with Crippen molar-refractivity contribution in [3.63, 3.8) is 0 Å². The second kappa shape index (κ2) is 5.31. The van der Waals surface area contributed by atoms with Gasteiger partial charge in [-0.2, -0.15) is 0 Å². The molecule has 2 rings (SSSR count). The maximum Gasteiger partial charge on any atom is 0.152 e. The van der Waals surface area contributed by atoms with Crippen molar-refractivity contribution in [2.24, 2.45) is 0 Å². The van der Waals surface area contributed by atoms with Gasteiger partial charge in [-0.3, -0.25) is 0 Å². The minimum absolute atomic E-state index is 0.245. The second-order valence-corrected chi connectivity index (χ2v) is 4.23. The third-order valence-corrected chi connectivity index (χ3v) is 2.86. The van der Waals surface area contributed by atoms with Crippen molar-refractivity contribution in [1.82, 2.24) is 4.98 Å². The molecule has 0 saturated carbocycles. The van der Waals surface area contributed by atoms with E-state index in [1.54, 1.807) is 25.3 Å². The van der Waals surface area contributed by atoms with Crippen LogP contribution in [-0.4, -0.2) is 4.98 Å². The summed E-state index contributed by atoms with van der Waals surface area (Å²) in [4.78, 5) is 3.90. The Morgan fingerprint density at radius 3 is 2.78 bits per heavy atom.